The summed E-state index contributed by atoms with van der Waals surface area (Å²) in [5.74, 6) is 2.05. The minimum atomic E-state index is 0.442. The average Bonchev–Trinajstić information content (AvgIpc) is 2.93. The molecule has 1 aromatic heterocycles. The van der Waals surface area contributed by atoms with Crippen LogP contribution in [0.15, 0.2) is 22.6 Å². The maximum atomic E-state index is 5.49. The molecule has 2 rings (SSSR count). The van der Waals surface area contributed by atoms with E-state index in [9.17, 15) is 0 Å². The number of nitrogens with one attached hydrogen (secondary N) is 1. The zero-order valence-corrected chi connectivity index (χ0v) is 13.4. The highest BCUT2D eigenvalue weighted by Gasteiger charge is 2.07. The van der Waals surface area contributed by atoms with E-state index in [1.54, 1.807) is 14.2 Å². The number of rotatable bonds is 8. The second kappa shape index (κ2) is 7.65. The van der Waals surface area contributed by atoms with Gasteiger partial charge in [-0.05, 0) is 38.2 Å². The van der Waals surface area contributed by atoms with Crippen molar-refractivity contribution in [1.29, 1.82) is 0 Å². The molecule has 0 saturated heterocycles. The molecule has 7 heteroatoms. The Kier molecular flexibility index (Phi) is 5.60. The topological polar surface area (TPSA) is 72.7 Å². The van der Waals surface area contributed by atoms with Crippen molar-refractivity contribution in [3.8, 4) is 11.5 Å². The van der Waals surface area contributed by atoms with Crippen molar-refractivity contribution in [3.63, 3.8) is 0 Å². The monoisotopic (exact) mass is 306 g/mol. The van der Waals surface area contributed by atoms with Gasteiger partial charge in [-0.1, -0.05) is 11.2 Å². The van der Waals surface area contributed by atoms with E-state index in [0.29, 0.717) is 25.0 Å². The quantitative estimate of drug-likeness (QED) is 0.797. The molecule has 0 radical (unpaired) electrons. The Labute approximate surface area is 130 Å². The average molecular weight is 306 g/mol. The summed E-state index contributed by atoms with van der Waals surface area (Å²) >= 11 is 0. The molecule has 1 heterocycles. The highest BCUT2D eigenvalue weighted by molar-refractivity contribution is 5.43. The maximum absolute atomic E-state index is 5.49. The first-order valence-corrected chi connectivity index (χ1v) is 7.04. The van der Waals surface area contributed by atoms with E-state index >= 15 is 0 Å². The van der Waals surface area contributed by atoms with Crippen LogP contribution in [0.5, 0.6) is 11.5 Å². The zero-order valence-electron chi connectivity index (χ0n) is 13.4. The van der Waals surface area contributed by atoms with Crippen LogP contribution >= 0.6 is 0 Å². The summed E-state index contributed by atoms with van der Waals surface area (Å²) in [6.07, 6.45) is 0.811. The first-order chi connectivity index (χ1) is 10.6. The van der Waals surface area contributed by atoms with Crippen LogP contribution in [0.4, 0.5) is 6.01 Å². The smallest absolute Gasteiger partial charge is 0.315 e. The normalized spacial score (nSPS) is 10.8. The SMILES string of the molecule is COc1ccc(CCNc2nnc(CN(C)C)o2)cc1OC. The minimum Gasteiger partial charge on any atom is -0.493 e. The van der Waals surface area contributed by atoms with Gasteiger partial charge in [0, 0.05) is 6.54 Å². The molecule has 22 heavy (non-hydrogen) atoms. The van der Waals surface area contributed by atoms with Gasteiger partial charge in [-0.3, -0.25) is 0 Å². The van der Waals surface area contributed by atoms with E-state index < -0.39 is 0 Å². The lowest BCUT2D eigenvalue weighted by Crippen LogP contribution is -2.10. The highest BCUT2D eigenvalue weighted by atomic mass is 16.5. The number of ether oxygens (including phenoxy) is 2. The van der Waals surface area contributed by atoms with Crippen LogP contribution in [0, 0.1) is 0 Å². The Bertz CT molecular complexity index is 598. The summed E-state index contributed by atoms with van der Waals surface area (Å²) in [4.78, 5) is 1.97. The van der Waals surface area contributed by atoms with Gasteiger partial charge in [0.05, 0.1) is 20.8 Å². The molecular formula is C15H22N4O3. The lowest BCUT2D eigenvalue weighted by atomic mass is 10.1. The molecule has 0 saturated carbocycles. The van der Waals surface area contributed by atoms with E-state index in [4.69, 9.17) is 13.9 Å². The number of aromatic nitrogens is 2. The van der Waals surface area contributed by atoms with Crippen LogP contribution in [0.3, 0.4) is 0 Å². The predicted octanol–water partition coefficient (Wildman–Crippen LogP) is 1.80. The Morgan fingerprint density at radius 1 is 1.14 bits per heavy atom. The van der Waals surface area contributed by atoms with Crippen LogP contribution in [0.1, 0.15) is 11.5 Å². The molecule has 120 valence electrons. The molecule has 0 bridgehead atoms. The van der Waals surface area contributed by atoms with Crippen LogP contribution in [-0.2, 0) is 13.0 Å². The van der Waals surface area contributed by atoms with E-state index in [1.165, 1.54) is 0 Å². The van der Waals surface area contributed by atoms with Gasteiger partial charge in [0.2, 0.25) is 5.89 Å². The molecule has 7 nitrogen and oxygen atoms in total. The molecular weight excluding hydrogens is 284 g/mol. The molecule has 0 aliphatic rings. The highest BCUT2D eigenvalue weighted by Crippen LogP contribution is 2.27. The number of nitrogens with zero attached hydrogens (tertiary/aromatic N) is 3. The molecule has 0 spiro atoms. The summed E-state index contributed by atoms with van der Waals surface area (Å²) in [5, 5.41) is 11.1. The third kappa shape index (κ3) is 4.36. The molecule has 0 unspecified atom stereocenters. The zero-order chi connectivity index (χ0) is 15.9. The fourth-order valence-corrected chi connectivity index (χ4v) is 2.01. The van der Waals surface area contributed by atoms with E-state index in [2.05, 4.69) is 15.5 Å². The summed E-state index contributed by atoms with van der Waals surface area (Å²) in [5.41, 5.74) is 1.14. The van der Waals surface area contributed by atoms with Crippen LogP contribution in [0.2, 0.25) is 0 Å². The number of benzene rings is 1. The van der Waals surface area contributed by atoms with Crippen molar-refractivity contribution in [2.45, 2.75) is 13.0 Å². The van der Waals surface area contributed by atoms with Gasteiger partial charge in [0.15, 0.2) is 11.5 Å². The molecule has 0 fully saturated rings. The third-order valence-corrected chi connectivity index (χ3v) is 3.06. The van der Waals surface area contributed by atoms with Crippen molar-refractivity contribution < 1.29 is 13.9 Å². The Morgan fingerprint density at radius 2 is 1.91 bits per heavy atom. The standard InChI is InChI=1S/C15H22N4O3/c1-19(2)10-14-17-18-15(22-14)16-8-7-11-5-6-12(20-3)13(9-11)21-4/h5-6,9H,7-8,10H2,1-4H3,(H,16,18). The first-order valence-electron chi connectivity index (χ1n) is 7.04. The van der Waals surface area contributed by atoms with Crippen molar-refractivity contribution >= 4 is 6.01 Å². The van der Waals surface area contributed by atoms with Crippen LogP contribution in [-0.4, -0.2) is 50.0 Å². The number of methoxy groups -OCH3 is 2. The van der Waals surface area contributed by atoms with Gasteiger partial charge in [-0.2, -0.15) is 0 Å². The molecule has 2 aromatic rings. The van der Waals surface area contributed by atoms with Gasteiger partial charge < -0.3 is 24.1 Å². The molecule has 1 aromatic carbocycles. The third-order valence-electron chi connectivity index (χ3n) is 3.06. The Morgan fingerprint density at radius 3 is 2.59 bits per heavy atom. The fraction of sp³-hybridized carbons (Fsp3) is 0.467. The largest absolute Gasteiger partial charge is 0.493 e. The van der Waals surface area contributed by atoms with Crippen LogP contribution in [0.25, 0.3) is 0 Å². The van der Waals surface area contributed by atoms with E-state index in [-0.39, 0.29) is 0 Å². The van der Waals surface area contributed by atoms with Gasteiger partial charge in [0.25, 0.3) is 0 Å². The summed E-state index contributed by atoms with van der Waals surface area (Å²) < 4.78 is 16.0. The van der Waals surface area contributed by atoms with Crippen molar-refractivity contribution in [2.24, 2.45) is 0 Å². The van der Waals surface area contributed by atoms with Crippen molar-refractivity contribution in [2.75, 3.05) is 40.2 Å². The second-order valence-corrected chi connectivity index (χ2v) is 5.10. The maximum Gasteiger partial charge on any atom is 0.315 e. The van der Waals surface area contributed by atoms with E-state index in [1.807, 2.05) is 37.2 Å². The number of hydrogen-bond donors (Lipinski definition) is 1. The van der Waals surface area contributed by atoms with Crippen LogP contribution < -0.4 is 14.8 Å². The molecule has 0 aliphatic carbocycles. The summed E-state index contributed by atoms with van der Waals surface area (Å²) in [6.45, 7) is 1.32. The Balaban J connectivity index is 1.87. The van der Waals surface area contributed by atoms with Gasteiger partial charge in [-0.25, -0.2) is 0 Å². The lowest BCUT2D eigenvalue weighted by Gasteiger charge is -2.09. The Hall–Kier alpha value is -2.28. The number of anilines is 1. The van der Waals surface area contributed by atoms with Crippen molar-refractivity contribution in [1.82, 2.24) is 15.1 Å². The van der Waals surface area contributed by atoms with E-state index in [0.717, 1.165) is 23.5 Å². The second-order valence-electron chi connectivity index (χ2n) is 5.10. The fourth-order valence-electron chi connectivity index (χ4n) is 2.01. The summed E-state index contributed by atoms with van der Waals surface area (Å²) in [7, 11) is 7.16. The first kappa shape index (κ1) is 16.1. The lowest BCUT2D eigenvalue weighted by molar-refractivity contribution is 0.344. The number of hydrogen-bond acceptors (Lipinski definition) is 7. The van der Waals surface area contributed by atoms with Crippen molar-refractivity contribution in [3.05, 3.63) is 29.7 Å². The molecule has 0 aliphatic heterocycles. The molecule has 1 N–H and O–H groups in total. The van der Waals surface area contributed by atoms with Gasteiger partial charge in [-0.15, -0.1) is 5.10 Å². The summed E-state index contributed by atoms with van der Waals surface area (Å²) in [6, 6.07) is 6.31. The minimum absolute atomic E-state index is 0.442. The molecule has 0 amide bonds. The van der Waals surface area contributed by atoms with Gasteiger partial charge >= 0.3 is 6.01 Å². The predicted molar refractivity (Wildman–Crippen MR) is 83.4 cm³/mol. The van der Waals surface area contributed by atoms with Gasteiger partial charge in [0.1, 0.15) is 0 Å². The molecule has 0 atom stereocenters.